The molecule has 88 valence electrons. The molecule has 1 aliphatic carbocycles. The van der Waals surface area contributed by atoms with Crippen LogP contribution in [0.1, 0.15) is 24.7 Å². The van der Waals surface area contributed by atoms with Crippen LogP contribution in [0.4, 0.5) is 0 Å². The van der Waals surface area contributed by atoms with E-state index in [-0.39, 0.29) is 12.0 Å². The third-order valence-electron chi connectivity index (χ3n) is 2.86. The largest absolute Gasteiger partial charge is 0.393 e. The van der Waals surface area contributed by atoms with Crippen LogP contribution in [0.3, 0.4) is 0 Å². The van der Waals surface area contributed by atoms with Gasteiger partial charge in [-0.05, 0) is 25.0 Å². The minimum atomic E-state index is -0.232. The fraction of sp³-hybridized carbons (Fsp3) is 0.364. The highest BCUT2D eigenvalue weighted by Gasteiger charge is 2.33. The summed E-state index contributed by atoms with van der Waals surface area (Å²) in [5.41, 5.74) is 0.629. The Hall–Kier alpha value is -1.46. The lowest BCUT2D eigenvalue weighted by Gasteiger charge is -2.27. The molecule has 3 rings (SSSR count). The number of pyridine rings is 1. The molecule has 0 spiro atoms. The van der Waals surface area contributed by atoms with Gasteiger partial charge >= 0.3 is 0 Å². The number of rotatable bonds is 2. The van der Waals surface area contributed by atoms with E-state index in [4.69, 9.17) is 16.1 Å². The zero-order chi connectivity index (χ0) is 11.8. The fourth-order valence-electron chi connectivity index (χ4n) is 1.80. The van der Waals surface area contributed by atoms with Crippen molar-refractivity contribution in [1.29, 1.82) is 0 Å². The maximum Gasteiger partial charge on any atom is 0.230 e. The predicted octanol–water partition coefficient (Wildman–Crippen LogP) is 2.02. The van der Waals surface area contributed by atoms with Crippen molar-refractivity contribution in [3.63, 3.8) is 0 Å². The predicted molar refractivity (Wildman–Crippen MR) is 60.5 cm³/mol. The molecule has 0 atom stereocenters. The van der Waals surface area contributed by atoms with Crippen molar-refractivity contribution in [2.75, 3.05) is 0 Å². The van der Waals surface area contributed by atoms with Gasteiger partial charge in [0.15, 0.2) is 0 Å². The molecule has 2 aromatic rings. The smallest absolute Gasteiger partial charge is 0.230 e. The van der Waals surface area contributed by atoms with Crippen LogP contribution in [0.25, 0.3) is 11.5 Å². The molecular weight excluding hydrogens is 242 g/mol. The SMILES string of the molecule is OC1CC(c2nc(-c3ccc(Cl)cn3)no2)C1. The molecule has 0 aromatic carbocycles. The maximum atomic E-state index is 9.22. The van der Waals surface area contributed by atoms with Crippen LogP contribution < -0.4 is 0 Å². The zero-order valence-corrected chi connectivity index (χ0v) is 9.63. The number of hydrogen-bond donors (Lipinski definition) is 1. The van der Waals surface area contributed by atoms with E-state index in [0.717, 1.165) is 0 Å². The highest BCUT2D eigenvalue weighted by molar-refractivity contribution is 6.30. The molecule has 1 aliphatic rings. The van der Waals surface area contributed by atoms with E-state index in [2.05, 4.69) is 15.1 Å². The van der Waals surface area contributed by atoms with Crippen LogP contribution in [0.2, 0.25) is 5.02 Å². The molecule has 2 aromatic heterocycles. The maximum absolute atomic E-state index is 9.22. The molecule has 1 N–H and O–H groups in total. The Morgan fingerprint density at radius 2 is 2.18 bits per heavy atom. The van der Waals surface area contributed by atoms with E-state index in [1.165, 1.54) is 0 Å². The second-order valence-corrected chi connectivity index (χ2v) is 4.58. The average Bonchev–Trinajstić information content (AvgIpc) is 2.75. The summed E-state index contributed by atoms with van der Waals surface area (Å²) in [4.78, 5) is 8.39. The first-order chi connectivity index (χ1) is 8.22. The first kappa shape index (κ1) is 10.7. The summed E-state index contributed by atoms with van der Waals surface area (Å²) in [6.45, 7) is 0. The number of hydrogen-bond acceptors (Lipinski definition) is 5. The quantitative estimate of drug-likeness (QED) is 0.884. The van der Waals surface area contributed by atoms with Crippen molar-refractivity contribution in [3.05, 3.63) is 29.2 Å². The first-order valence-electron chi connectivity index (χ1n) is 5.36. The summed E-state index contributed by atoms with van der Waals surface area (Å²) in [5, 5.41) is 13.7. The van der Waals surface area contributed by atoms with E-state index in [1.807, 2.05) is 0 Å². The highest BCUT2D eigenvalue weighted by Crippen LogP contribution is 2.36. The molecule has 6 heteroatoms. The van der Waals surface area contributed by atoms with Gasteiger partial charge in [0.05, 0.1) is 11.1 Å². The molecule has 17 heavy (non-hydrogen) atoms. The van der Waals surface area contributed by atoms with Gasteiger partial charge in [0.25, 0.3) is 0 Å². The van der Waals surface area contributed by atoms with Crippen molar-refractivity contribution in [2.45, 2.75) is 24.9 Å². The molecular formula is C11H10ClN3O2. The molecule has 0 unspecified atom stereocenters. The Kier molecular flexibility index (Phi) is 2.57. The van der Waals surface area contributed by atoms with Gasteiger partial charge in [-0.2, -0.15) is 4.98 Å². The fourth-order valence-corrected chi connectivity index (χ4v) is 1.91. The monoisotopic (exact) mass is 251 g/mol. The lowest BCUT2D eigenvalue weighted by atomic mass is 9.82. The number of nitrogens with zero attached hydrogens (tertiary/aromatic N) is 3. The molecule has 0 radical (unpaired) electrons. The topological polar surface area (TPSA) is 72.0 Å². The van der Waals surface area contributed by atoms with Gasteiger partial charge in [0.1, 0.15) is 5.69 Å². The summed E-state index contributed by atoms with van der Waals surface area (Å²) < 4.78 is 5.16. The normalized spacial score (nSPS) is 23.4. The molecule has 1 fully saturated rings. The van der Waals surface area contributed by atoms with E-state index >= 15 is 0 Å². The minimum Gasteiger partial charge on any atom is -0.393 e. The molecule has 0 bridgehead atoms. The van der Waals surface area contributed by atoms with Gasteiger partial charge in [0.2, 0.25) is 11.7 Å². The highest BCUT2D eigenvalue weighted by atomic mass is 35.5. The zero-order valence-electron chi connectivity index (χ0n) is 8.88. The molecule has 5 nitrogen and oxygen atoms in total. The minimum absolute atomic E-state index is 0.179. The number of aromatic nitrogens is 3. The summed E-state index contributed by atoms with van der Waals surface area (Å²) >= 11 is 5.75. The van der Waals surface area contributed by atoms with Crippen molar-refractivity contribution >= 4 is 11.6 Å². The summed E-state index contributed by atoms with van der Waals surface area (Å²) in [6.07, 6.45) is 2.69. The van der Waals surface area contributed by atoms with Crippen LogP contribution in [-0.2, 0) is 0 Å². The molecule has 0 amide bonds. The van der Waals surface area contributed by atoms with Gasteiger partial charge < -0.3 is 9.63 Å². The van der Waals surface area contributed by atoms with Gasteiger partial charge in [-0.3, -0.25) is 4.98 Å². The van der Waals surface area contributed by atoms with Crippen LogP contribution in [0.15, 0.2) is 22.9 Å². The first-order valence-corrected chi connectivity index (χ1v) is 5.74. The standard InChI is InChI=1S/C11H10ClN3O2/c12-7-1-2-9(13-5-7)10-14-11(17-15-10)6-3-8(16)4-6/h1-2,5-6,8,16H,3-4H2. The summed E-state index contributed by atoms with van der Waals surface area (Å²) in [5.74, 6) is 1.21. The molecule has 1 saturated carbocycles. The molecule has 0 saturated heterocycles. The Labute approximate surface area is 102 Å². The lowest BCUT2D eigenvalue weighted by Crippen LogP contribution is -2.26. The Morgan fingerprint density at radius 3 is 2.82 bits per heavy atom. The second-order valence-electron chi connectivity index (χ2n) is 4.14. The van der Waals surface area contributed by atoms with E-state index < -0.39 is 0 Å². The third-order valence-corrected chi connectivity index (χ3v) is 3.08. The van der Waals surface area contributed by atoms with Crippen LogP contribution in [0, 0.1) is 0 Å². The summed E-state index contributed by atoms with van der Waals surface area (Å²) in [6, 6.07) is 3.47. The van der Waals surface area contributed by atoms with E-state index in [9.17, 15) is 5.11 Å². The van der Waals surface area contributed by atoms with E-state index in [0.29, 0.717) is 35.3 Å². The molecule has 0 aliphatic heterocycles. The number of halogens is 1. The molecule has 2 heterocycles. The van der Waals surface area contributed by atoms with Crippen LogP contribution in [-0.4, -0.2) is 26.3 Å². The van der Waals surface area contributed by atoms with Crippen molar-refractivity contribution in [3.8, 4) is 11.5 Å². The number of aliphatic hydroxyl groups excluding tert-OH is 1. The number of aliphatic hydroxyl groups is 1. The van der Waals surface area contributed by atoms with Crippen LogP contribution >= 0.6 is 11.6 Å². The summed E-state index contributed by atoms with van der Waals surface area (Å²) in [7, 11) is 0. The van der Waals surface area contributed by atoms with Crippen molar-refractivity contribution < 1.29 is 9.63 Å². The Balaban J connectivity index is 1.82. The van der Waals surface area contributed by atoms with Gasteiger partial charge in [-0.1, -0.05) is 16.8 Å². The van der Waals surface area contributed by atoms with Gasteiger partial charge in [-0.25, -0.2) is 0 Å². The Bertz CT molecular complexity index is 520. The lowest BCUT2D eigenvalue weighted by molar-refractivity contribution is 0.0625. The van der Waals surface area contributed by atoms with E-state index in [1.54, 1.807) is 18.3 Å². The second kappa shape index (κ2) is 4.09. The van der Waals surface area contributed by atoms with Gasteiger partial charge in [-0.15, -0.1) is 0 Å². The van der Waals surface area contributed by atoms with Crippen molar-refractivity contribution in [1.82, 2.24) is 15.1 Å². The van der Waals surface area contributed by atoms with Gasteiger partial charge in [0, 0.05) is 12.1 Å². The Morgan fingerprint density at radius 1 is 1.35 bits per heavy atom. The van der Waals surface area contributed by atoms with Crippen molar-refractivity contribution in [2.24, 2.45) is 0 Å². The van der Waals surface area contributed by atoms with Crippen LogP contribution in [0.5, 0.6) is 0 Å². The third kappa shape index (κ3) is 2.03. The average molecular weight is 252 g/mol.